The van der Waals surface area contributed by atoms with Crippen LogP contribution in [0.2, 0.25) is 0 Å². The molecule has 158 valence electrons. The number of carbonyl (C=O) groups is 1. The van der Waals surface area contributed by atoms with Crippen LogP contribution in [0.15, 0.2) is 59.7 Å². The largest absolute Gasteiger partial charge is 0.355 e. The highest BCUT2D eigenvalue weighted by atomic mass is 19.1. The predicted molar refractivity (Wildman–Crippen MR) is 117 cm³/mol. The number of rotatable bonds is 6. The van der Waals surface area contributed by atoms with Gasteiger partial charge < -0.3 is 16.0 Å². The van der Waals surface area contributed by atoms with Gasteiger partial charge in [0.1, 0.15) is 0 Å². The first-order valence-electron chi connectivity index (χ1n) is 10.1. The van der Waals surface area contributed by atoms with Crippen LogP contribution in [0.3, 0.4) is 0 Å². The number of pyridine rings is 2. The fourth-order valence-electron chi connectivity index (χ4n) is 3.34. The molecule has 8 heteroatoms. The molecule has 0 atom stereocenters. The van der Waals surface area contributed by atoms with Crippen LogP contribution in [0.1, 0.15) is 27.3 Å². The van der Waals surface area contributed by atoms with Crippen molar-refractivity contribution in [1.82, 2.24) is 25.9 Å². The molecule has 7 nitrogen and oxygen atoms in total. The molecule has 0 saturated carbocycles. The molecule has 2 aromatic heterocycles. The van der Waals surface area contributed by atoms with E-state index in [0.29, 0.717) is 17.8 Å². The molecule has 31 heavy (non-hydrogen) atoms. The monoisotopic (exact) mass is 418 g/mol. The Balaban J connectivity index is 1.57. The Morgan fingerprint density at radius 1 is 1.13 bits per heavy atom. The molecular weight excluding hydrogens is 395 g/mol. The molecule has 3 N–H and O–H groups in total. The van der Waals surface area contributed by atoms with E-state index in [0.717, 1.165) is 41.4 Å². The second kappa shape index (κ2) is 9.34. The first-order chi connectivity index (χ1) is 15.1. The van der Waals surface area contributed by atoms with Crippen molar-refractivity contribution < 1.29 is 9.18 Å². The number of hydrogen-bond donors (Lipinski definition) is 3. The van der Waals surface area contributed by atoms with E-state index in [9.17, 15) is 9.18 Å². The molecular formula is C23H23FN6O. The average Bonchev–Trinajstić information content (AvgIpc) is 3.30. The first-order valence-corrected chi connectivity index (χ1v) is 10.1. The van der Waals surface area contributed by atoms with E-state index in [4.69, 9.17) is 0 Å². The molecule has 1 aliphatic rings. The van der Waals surface area contributed by atoms with Gasteiger partial charge in [0.2, 0.25) is 5.95 Å². The molecule has 3 aromatic rings. The standard InChI is InChI=1S/C23H23FN6O/c1-15-9-17(5-6-25-15)18-10-16(13-29-23-26-7-8-27-23)11-19(12-18)22(31)28-14-20-3-2-4-21(24)30-20/h2-6,9-12H,7-8,13-14H2,1H3,(H,28,31)(H2,26,27,29). The molecule has 1 aliphatic heterocycles. The molecule has 4 rings (SSSR count). The SMILES string of the molecule is Cc1cc(-c2cc(CNC3=NCCN3)cc(C(=O)NCc3cccc(F)n3)c2)ccn1. The van der Waals surface area contributed by atoms with Crippen molar-refractivity contribution in [3.63, 3.8) is 0 Å². The zero-order valence-electron chi connectivity index (χ0n) is 17.2. The average molecular weight is 418 g/mol. The maximum absolute atomic E-state index is 13.3. The summed E-state index contributed by atoms with van der Waals surface area (Å²) < 4.78 is 13.3. The number of nitrogens with one attached hydrogen (secondary N) is 3. The van der Waals surface area contributed by atoms with Crippen molar-refractivity contribution in [3.8, 4) is 11.1 Å². The van der Waals surface area contributed by atoms with Crippen molar-refractivity contribution in [2.45, 2.75) is 20.0 Å². The zero-order chi connectivity index (χ0) is 21.6. The third-order valence-corrected chi connectivity index (χ3v) is 4.82. The summed E-state index contributed by atoms with van der Waals surface area (Å²) in [6.07, 6.45) is 1.75. The number of aryl methyl sites for hydroxylation is 1. The molecule has 1 aromatic carbocycles. The molecule has 0 spiro atoms. The van der Waals surface area contributed by atoms with Gasteiger partial charge in [0.05, 0.1) is 18.8 Å². The van der Waals surface area contributed by atoms with Crippen LogP contribution in [0, 0.1) is 12.9 Å². The summed E-state index contributed by atoms with van der Waals surface area (Å²) in [7, 11) is 0. The summed E-state index contributed by atoms with van der Waals surface area (Å²) in [5.74, 6) is -0.0665. The van der Waals surface area contributed by atoms with Crippen molar-refractivity contribution in [3.05, 3.63) is 83.2 Å². The molecule has 0 unspecified atom stereocenters. The van der Waals surface area contributed by atoms with Crippen LogP contribution in [0.4, 0.5) is 4.39 Å². The Bertz CT molecular complexity index is 1130. The van der Waals surface area contributed by atoms with Gasteiger partial charge >= 0.3 is 0 Å². The van der Waals surface area contributed by atoms with Gasteiger partial charge in [-0.2, -0.15) is 4.39 Å². The second-order valence-electron chi connectivity index (χ2n) is 7.25. The summed E-state index contributed by atoms with van der Waals surface area (Å²) in [4.78, 5) is 25.2. The number of aliphatic imine (C=N–C) groups is 1. The Labute approximate surface area is 179 Å². The van der Waals surface area contributed by atoms with E-state index < -0.39 is 5.95 Å². The summed E-state index contributed by atoms with van der Waals surface area (Å²) in [5.41, 5.74) is 4.71. The number of aromatic nitrogens is 2. The highest BCUT2D eigenvalue weighted by Crippen LogP contribution is 2.23. The topological polar surface area (TPSA) is 91.3 Å². The van der Waals surface area contributed by atoms with Gasteiger partial charge in [0.25, 0.3) is 5.91 Å². The Hall–Kier alpha value is -3.81. The quantitative estimate of drug-likeness (QED) is 0.535. The van der Waals surface area contributed by atoms with Crippen LogP contribution in [0.5, 0.6) is 0 Å². The Morgan fingerprint density at radius 2 is 2.03 bits per heavy atom. The lowest BCUT2D eigenvalue weighted by atomic mass is 9.99. The molecule has 1 amide bonds. The van der Waals surface area contributed by atoms with E-state index in [2.05, 4.69) is 30.9 Å². The molecule has 0 radical (unpaired) electrons. The first kappa shape index (κ1) is 20.5. The Kier molecular flexibility index (Phi) is 6.16. The van der Waals surface area contributed by atoms with Gasteiger partial charge in [0.15, 0.2) is 5.96 Å². The lowest BCUT2D eigenvalue weighted by molar-refractivity contribution is 0.0950. The maximum atomic E-state index is 13.3. The number of hydrogen-bond acceptors (Lipinski definition) is 6. The van der Waals surface area contributed by atoms with Gasteiger partial charge in [-0.1, -0.05) is 6.07 Å². The van der Waals surface area contributed by atoms with E-state index in [1.54, 1.807) is 18.3 Å². The third kappa shape index (κ3) is 5.42. The van der Waals surface area contributed by atoms with E-state index in [1.165, 1.54) is 6.07 Å². The second-order valence-corrected chi connectivity index (χ2v) is 7.25. The number of carbonyl (C=O) groups excluding carboxylic acids is 1. The highest BCUT2D eigenvalue weighted by Gasteiger charge is 2.12. The van der Waals surface area contributed by atoms with Gasteiger partial charge in [-0.05, 0) is 66.1 Å². The van der Waals surface area contributed by atoms with Crippen LogP contribution in [-0.2, 0) is 13.1 Å². The van der Waals surface area contributed by atoms with Crippen LogP contribution >= 0.6 is 0 Å². The number of guanidine groups is 1. The summed E-state index contributed by atoms with van der Waals surface area (Å²) in [6, 6.07) is 14.1. The van der Waals surface area contributed by atoms with Crippen molar-refractivity contribution >= 4 is 11.9 Å². The molecule has 0 bridgehead atoms. The summed E-state index contributed by atoms with van der Waals surface area (Å²) in [6.45, 7) is 4.16. The molecule has 0 fully saturated rings. The van der Waals surface area contributed by atoms with Gasteiger partial charge in [0, 0.05) is 30.5 Å². The molecule has 0 aliphatic carbocycles. The fraction of sp³-hybridized carbons (Fsp3) is 0.217. The number of nitrogens with zero attached hydrogens (tertiary/aromatic N) is 3. The summed E-state index contributed by atoms with van der Waals surface area (Å²) >= 11 is 0. The smallest absolute Gasteiger partial charge is 0.251 e. The van der Waals surface area contributed by atoms with E-state index in [-0.39, 0.29) is 12.5 Å². The minimum absolute atomic E-state index is 0.142. The van der Waals surface area contributed by atoms with Crippen molar-refractivity contribution in [1.29, 1.82) is 0 Å². The minimum Gasteiger partial charge on any atom is -0.355 e. The lowest BCUT2D eigenvalue weighted by Crippen LogP contribution is -2.33. The molecule has 3 heterocycles. The number of amides is 1. The predicted octanol–water partition coefficient (Wildman–Crippen LogP) is 2.57. The molecule has 0 saturated heterocycles. The minimum atomic E-state index is -0.571. The van der Waals surface area contributed by atoms with Crippen LogP contribution in [-0.4, -0.2) is 34.9 Å². The zero-order valence-corrected chi connectivity index (χ0v) is 17.2. The third-order valence-electron chi connectivity index (χ3n) is 4.82. The van der Waals surface area contributed by atoms with Crippen molar-refractivity contribution in [2.24, 2.45) is 4.99 Å². The summed E-state index contributed by atoms with van der Waals surface area (Å²) in [5, 5.41) is 9.26. The highest BCUT2D eigenvalue weighted by molar-refractivity contribution is 5.95. The van der Waals surface area contributed by atoms with Gasteiger partial charge in [-0.3, -0.25) is 14.8 Å². The lowest BCUT2D eigenvalue weighted by Gasteiger charge is -2.12. The normalized spacial score (nSPS) is 12.8. The maximum Gasteiger partial charge on any atom is 0.251 e. The number of halogens is 1. The fourth-order valence-corrected chi connectivity index (χ4v) is 3.34. The van der Waals surface area contributed by atoms with Gasteiger partial charge in [-0.25, -0.2) is 4.98 Å². The Morgan fingerprint density at radius 3 is 2.81 bits per heavy atom. The van der Waals surface area contributed by atoms with Crippen LogP contribution in [0.25, 0.3) is 11.1 Å². The van der Waals surface area contributed by atoms with E-state index >= 15 is 0 Å². The van der Waals surface area contributed by atoms with E-state index in [1.807, 2.05) is 37.3 Å². The van der Waals surface area contributed by atoms with Gasteiger partial charge in [-0.15, -0.1) is 0 Å². The van der Waals surface area contributed by atoms with Crippen molar-refractivity contribution in [2.75, 3.05) is 13.1 Å². The van der Waals surface area contributed by atoms with Crippen LogP contribution < -0.4 is 16.0 Å². The number of benzene rings is 1.